The maximum Gasteiger partial charge on any atom is 0.136 e. The zero-order valence-corrected chi connectivity index (χ0v) is 27.8. The van der Waals surface area contributed by atoms with Crippen LogP contribution in [0.1, 0.15) is 0 Å². The predicted molar refractivity (Wildman–Crippen MR) is 215 cm³/mol. The van der Waals surface area contributed by atoms with E-state index < -0.39 is 0 Å². The Hall–Kier alpha value is -6.22. The van der Waals surface area contributed by atoms with E-state index in [4.69, 9.17) is 4.42 Å². The van der Waals surface area contributed by atoms with Crippen molar-refractivity contribution in [3.8, 4) is 33.4 Å². The number of hydrogen-bond donors (Lipinski definition) is 0. The quantitative estimate of drug-likeness (QED) is 0.173. The van der Waals surface area contributed by atoms with Crippen LogP contribution in [0.3, 0.4) is 0 Å². The molecule has 0 bridgehead atoms. The molecule has 11 aromatic rings. The molecule has 0 aliphatic carbocycles. The molecule has 2 aromatic heterocycles. The number of fused-ring (bicyclic) bond motifs is 10. The van der Waals surface area contributed by atoms with Gasteiger partial charge < -0.3 is 4.42 Å². The highest BCUT2D eigenvalue weighted by atomic mass is 32.1. The molecule has 0 fully saturated rings. The van der Waals surface area contributed by atoms with E-state index in [0.717, 1.165) is 16.6 Å². The van der Waals surface area contributed by atoms with Crippen molar-refractivity contribution in [1.29, 1.82) is 0 Å². The number of rotatable bonds is 3. The van der Waals surface area contributed by atoms with Crippen molar-refractivity contribution in [3.63, 3.8) is 0 Å². The fraction of sp³-hybridized carbons (Fsp3) is 0. The molecule has 2 heterocycles. The molecule has 1 nitrogen and oxygen atoms in total. The second kappa shape index (κ2) is 10.6. The van der Waals surface area contributed by atoms with Gasteiger partial charge in [0.2, 0.25) is 0 Å². The van der Waals surface area contributed by atoms with Crippen molar-refractivity contribution in [2.24, 2.45) is 0 Å². The van der Waals surface area contributed by atoms with Crippen LogP contribution in [0.4, 0.5) is 0 Å². The average molecular weight is 653 g/mol. The smallest absolute Gasteiger partial charge is 0.136 e. The summed E-state index contributed by atoms with van der Waals surface area (Å²) in [6.45, 7) is 0. The molecule has 9 aromatic carbocycles. The molecule has 11 rings (SSSR count). The molecule has 0 saturated carbocycles. The largest absolute Gasteiger partial charge is 0.456 e. The minimum Gasteiger partial charge on any atom is -0.456 e. The summed E-state index contributed by atoms with van der Waals surface area (Å²) in [5, 5.41) is 12.5. The Kier molecular flexibility index (Phi) is 5.89. The lowest BCUT2D eigenvalue weighted by Crippen LogP contribution is -1.91. The Bertz CT molecular complexity index is 3070. The van der Waals surface area contributed by atoms with Gasteiger partial charge in [-0.25, -0.2) is 0 Å². The molecular weight excluding hydrogens is 625 g/mol. The van der Waals surface area contributed by atoms with Gasteiger partial charge in [-0.1, -0.05) is 152 Å². The van der Waals surface area contributed by atoms with Gasteiger partial charge >= 0.3 is 0 Å². The highest BCUT2D eigenvalue weighted by Gasteiger charge is 2.21. The SMILES string of the molecule is c1ccc(-c2c3ccccc3c(-c3ccc(-c4c5sc6ccc7ccccc7c6c5cc5oc6ccccc6c45)cc3)c3ccccc23)cc1. The van der Waals surface area contributed by atoms with Gasteiger partial charge in [0.25, 0.3) is 0 Å². The minimum atomic E-state index is 0.920. The van der Waals surface area contributed by atoms with E-state index in [1.807, 2.05) is 11.3 Å². The molecule has 0 aliphatic heterocycles. The van der Waals surface area contributed by atoms with Crippen LogP contribution in [0.5, 0.6) is 0 Å². The monoisotopic (exact) mass is 652 g/mol. The van der Waals surface area contributed by atoms with Gasteiger partial charge in [-0.3, -0.25) is 0 Å². The zero-order chi connectivity index (χ0) is 32.8. The maximum absolute atomic E-state index is 6.59. The lowest BCUT2D eigenvalue weighted by Gasteiger charge is -2.18. The molecule has 0 N–H and O–H groups in total. The Morgan fingerprint density at radius 3 is 1.52 bits per heavy atom. The molecular formula is C48H28OS. The van der Waals surface area contributed by atoms with E-state index in [2.05, 4.69) is 170 Å². The number of benzene rings is 9. The standard InChI is InChI=1S/C48H28OS/c1-2-13-30(14-3-1)43-34-16-6-8-18-36(34)44(37-19-9-7-17-35(37)43)31-22-24-32(25-23-31)45-47-38-20-10-11-21-40(38)49-41(47)28-39-46-33-15-5-4-12-29(33)26-27-42(46)50-48(39)45/h1-28H. The van der Waals surface area contributed by atoms with Gasteiger partial charge in [0, 0.05) is 36.5 Å². The van der Waals surface area contributed by atoms with Gasteiger partial charge in [0.05, 0.1) is 0 Å². The van der Waals surface area contributed by atoms with E-state index in [1.54, 1.807) is 0 Å². The summed E-state index contributed by atoms with van der Waals surface area (Å²) < 4.78 is 9.19. The second-order valence-corrected chi connectivity index (χ2v) is 14.2. The first kappa shape index (κ1) is 27.7. The third-order valence-corrected chi connectivity index (χ3v) is 11.6. The first-order valence-electron chi connectivity index (χ1n) is 17.1. The second-order valence-electron chi connectivity index (χ2n) is 13.1. The van der Waals surface area contributed by atoms with Gasteiger partial charge in [0.15, 0.2) is 0 Å². The van der Waals surface area contributed by atoms with E-state index in [1.165, 1.54) is 91.3 Å². The molecule has 50 heavy (non-hydrogen) atoms. The molecule has 0 unspecified atom stereocenters. The van der Waals surface area contributed by atoms with Crippen LogP contribution in [-0.4, -0.2) is 0 Å². The molecule has 0 amide bonds. The Balaban J connectivity index is 1.19. The van der Waals surface area contributed by atoms with Crippen molar-refractivity contribution in [1.82, 2.24) is 0 Å². The fourth-order valence-electron chi connectivity index (χ4n) is 8.32. The van der Waals surface area contributed by atoms with Gasteiger partial charge in [-0.05, 0) is 78.3 Å². The number of hydrogen-bond acceptors (Lipinski definition) is 2. The lowest BCUT2D eigenvalue weighted by molar-refractivity contribution is 0.669. The highest BCUT2D eigenvalue weighted by molar-refractivity contribution is 7.26. The summed E-state index contributed by atoms with van der Waals surface area (Å²) in [6, 6.07) is 61.8. The van der Waals surface area contributed by atoms with Crippen molar-refractivity contribution in [3.05, 3.63) is 170 Å². The van der Waals surface area contributed by atoms with Crippen LogP contribution >= 0.6 is 11.3 Å². The first-order chi connectivity index (χ1) is 24.8. The number of thiophene rings is 1. The normalized spacial score (nSPS) is 12.0. The minimum absolute atomic E-state index is 0.920. The zero-order valence-electron chi connectivity index (χ0n) is 27.0. The maximum atomic E-state index is 6.59. The Morgan fingerprint density at radius 1 is 0.340 bits per heavy atom. The highest BCUT2D eigenvalue weighted by Crippen LogP contribution is 2.49. The van der Waals surface area contributed by atoms with Crippen LogP contribution in [0.15, 0.2) is 174 Å². The van der Waals surface area contributed by atoms with Gasteiger partial charge in [-0.15, -0.1) is 11.3 Å². The number of furan rings is 1. The third kappa shape index (κ3) is 3.94. The summed E-state index contributed by atoms with van der Waals surface area (Å²) in [7, 11) is 0. The van der Waals surface area contributed by atoms with Crippen LogP contribution in [0, 0.1) is 0 Å². The van der Waals surface area contributed by atoms with E-state index in [9.17, 15) is 0 Å². The summed E-state index contributed by atoms with van der Waals surface area (Å²) in [5.74, 6) is 0. The molecule has 0 spiro atoms. The van der Waals surface area contributed by atoms with E-state index >= 15 is 0 Å². The third-order valence-electron chi connectivity index (χ3n) is 10.4. The summed E-state index contributed by atoms with van der Waals surface area (Å²) >= 11 is 1.89. The van der Waals surface area contributed by atoms with E-state index in [-0.39, 0.29) is 0 Å². The molecule has 0 saturated heterocycles. The van der Waals surface area contributed by atoms with Gasteiger partial charge in [-0.2, -0.15) is 0 Å². The van der Waals surface area contributed by atoms with Crippen molar-refractivity contribution in [2.75, 3.05) is 0 Å². The van der Waals surface area contributed by atoms with Crippen molar-refractivity contribution >= 4 is 85.8 Å². The van der Waals surface area contributed by atoms with Crippen LogP contribution < -0.4 is 0 Å². The van der Waals surface area contributed by atoms with Crippen LogP contribution in [0.25, 0.3) is 108 Å². The summed E-state index contributed by atoms with van der Waals surface area (Å²) in [5.41, 5.74) is 9.30. The predicted octanol–water partition coefficient (Wildman–Crippen LogP) is 14.4. The average Bonchev–Trinajstić information content (AvgIpc) is 3.75. The van der Waals surface area contributed by atoms with Gasteiger partial charge in [0.1, 0.15) is 11.2 Å². The molecule has 0 atom stereocenters. The Morgan fingerprint density at radius 2 is 0.860 bits per heavy atom. The molecule has 0 radical (unpaired) electrons. The molecule has 232 valence electrons. The first-order valence-corrected chi connectivity index (χ1v) is 17.9. The number of para-hydroxylation sites is 1. The topological polar surface area (TPSA) is 13.1 Å². The molecule has 0 aliphatic rings. The van der Waals surface area contributed by atoms with E-state index in [0.29, 0.717) is 0 Å². The van der Waals surface area contributed by atoms with Crippen molar-refractivity contribution in [2.45, 2.75) is 0 Å². The summed E-state index contributed by atoms with van der Waals surface area (Å²) in [4.78, 5) is 0. The van der Waals surface area contributed by atoms with Crippen LogP contribution in [-0.2, 0) is 0 Å². The van der Waals surface area contributed by atoms with Crippen LogP contribution in [0.2, 0.25) is 0 Å². The Labute approximate surface area is 292 Å². The fourth-order valence-corrected chi connectivity index (χ4v) is 9.59. The summed E-state index contributed by atoms with van der Waals surface area (Å²) in [6.07, 6.45) is 0. The molecule has 2 heteroatoms. The lowest BCUT2D eigenvalue weighted by atomic mass is 9.85. The van der Waals surface area contributed by atoms with Crippen molar-refractivity contribution < 1.29 is 4.42 Å².